The maximum Gasteiger partial charge on any atom is 0.189 e. The first-order valence-corrected chi connectivity index (χ1v) is 3.70. The first-order valence-electron chi connectivity index (χ1n) is 3.70. The van der Waals surface area contributed by atoms with Crippen LogP contribution < -0.4 is 16.0 Å². The molecule has 1 aromatic carbocycles. The molecule has 0 atom stereocenters. The van der Waals surface area contributed by atoms with Crippen LogP contribution in [0.3, 0.4) is 0 Å². The molecule has 0 bridgehead atoms. The molecule has 1 aliphatic rings. The van der Waals surface area contributed by atoms with E-state index in [1.54, 1.807) is 0 Å². The van der Waals surface area contributed by atoms with Gasteiger partial charge in [-0.25, -0.2) is 0 Å². The first-order chi connectivity index (χ1) is 5.90. The lowest BCUT2D eigenvalue weighted by molar-refractivity contribution is -0.0163. The molecule has 0 saturated heterocycles. The van der Waals surface area contributed by atoms with Gasteiger partial charge < -0.3 is 14.9 Å². The van der Waals surface area contributed by atoms with Gasteiger partial charge in [-0.05, 0) is 18.2 Å². The number of anilines is 1. The fraction of sp³-hybridized carbons (Fsp3) is 0.250. The van der Waals surface area contributed by atoms with E-state index in [-0.39, 0.29) is 0 Å². The number of ether oxygens (including phenoxy) is 2. The zero-order valence-electron chi connectivity index (χ0n) is 6.54. The highest BCUT2D eigenvalue weighted by molar-refractivity contribution is 5.50. The highest BCUT2D eigenvalue weighted by atomic mass is 16.7. The molecule has 2 rings (SSSR count). The second kappa shape index (κ2) is 3.00. The van der Waals surface area contributed by atoms with E-state index in [2.05, 4.69) is 5.43 Å². The molecule has 4 heteroatoms. The Kier molecular flexibility index (Phi) is 1.85. The third kappa shape index (κ3) is 1.22. The van der Waals surface area contributed by atoms with Gasteiger partial charge in [-0.1, -0.05) is 0 Å². The molecular formula is C8H10N2O2. The smallest absolute Gasteiger partial charge is 0.189 e. The third-order valence-corrected chi connectivity index (χ3v) is 1.78. The van der Waals surface area contributed by atoms with Gasteiger partial charge in [0.25, 0.3) is 0 Å². The van der Waals surface area contributed by atoms with E-state index in [1.807, 2.05) is 18.2 Å². The van der Waals surface area contributed by atoms with Crippen molar-refractivity contribution in [1.29, 1.82) is 0 Å². The lowest BCUT2D eigenvalue weighted by atomic mass is 10.2. The van der Waals surface area contributed by atoms with Crippen LogP contribution in [0.1, 0.15) is 5.56 Å². The minimum absolute atomic E-state index is 0.336. The van der Waals surface area contributed by atoms with Crippen LogP contribution in [-0.4, -0.2) is 6.79 Å². The van der Waals surface area contributed by atoms with Crippen molar-refractivity contribution < 1.29 is 9.47 Å². The van der Waals surface area contributed by atoms with Crippen LogP contribution in [-0.2, 0) is 11.3 Å². The second-order valence-electron chi connectivity index (χ2n) is 2.58. The number of fused-ring (bicyclic) bond motifs is 1. The van der Waals surface area contributed by atoms with Gasteiger partial charge in [0.15, 0.2) is 6.79 Å². The standard InChI is InChI=1S/C8H10N2O2/c9-10-7-1-2-8-6(3-7)4-11-5-12-8/h1-3,10H,4-5,9H2. The van der Waals surface area contributed by atoms with Crippen LogP contribution in [0.15, 0.2) is 18.2 Å². The summed E-state index contributed by atoms with van der Waals surface area (Å²) in [6, 6.07) is 5.66. The zero-order chi connectivity index (χ0) is 8.39. The Bertz CT molecular complexity index is 288. The number of hydrogen-bond acceptors (Lipinski definition) is 4. The molecule has 0 aliphatic carbocycles. The van der Waals surface area contributed by atoms with Crippen molar-refractivity contribution in [1.82, 2.24) is 0 Å². The van der Waals surface area contributed by atoms with Crippen LogP contribution in [0.25, 0.3) is 0 Å². The predicted molar refractivity (Wildman–Crippen MR) is 44.5 cm³/mol. The van der Waals surface area contributed by atoms with Gasteiger partial charge >= 0.3 is 0 Å². The lowest BCUT2D eigenvalue weighted by Gasteiger charge is -2.17. The highest BCUT2D eigenvalue weighted by Gasteiger charge is 2.09. The summed E-state index contributed by atoms with van der Waals surface area (Å²) in [6.07, 6.45) is 0. The topological polar surface area (TPSA) is 56.5 Å². The van der Waals surface area contributed by atoms with Gasteiger partial charge in [-0.2, -0.15) is 0 Å². The molecule has 0 saturated carbocycles. The lowest BCUT2D eigenvalue weighted by Crippen LogP contribution is -2.12. The summed E-state index contributed by atoms with van der Waals surface area (Å²) in [5.41, 5.74) is 4.45. The van der Waals surface area contributed by atoms with Crippen molar-refractivity contribution in [3.63, 3.8) is 0 Å². The molecule has 0 amide bonds. The largest absolute Gasteiger partial charge is 0.467 e. The fourth-order valence-electron chi connectivity index (χ4n) is 1.18. The van der Waals surface area contributed by atoms with E-state index in [1.165, 1.54) is 0 Å². The maximum atomic E-state index is 5.25. The Balaban J connectivity index is 2.36. The Hall–Kier alpha value is -1.26. The monoisotopic (exact) mass is 166 g/mol. The normalized spacial score (nSPS) is 14.8. The molecule has 12 heavy (non-hydrogen) atoms. The van der Waals surface area contributed by atoms with Crippen molar-refractivity contribution in [3.05, 3.63) is 23.8 Å². The minimum Gasteiger partial charge on any atom is -0.467 e. The Morgan fingerprint density at radius 3 is 3.17 bits per heavy atom. The summed E-state index contributed by atoms with van der Waals surface area (Å²) in [5.74, 6) is 6.13. The van der Waals surface area contributed by atoms with Crippen LogP contribution in [0.4, 0.5) is 5.69 Å². The number of benzene rings is 1. The molecule has 0 fully saturated rings. The van der Waals surface area contributed by atoms with Gasteiger partial charge in [-0.15, -0.1) is 0 Å². The average molecular weight is 166 g/mol. The van der Waals surface area contributed by atoms with E-state index in [0.29, 0.717) is 13.4 Å². The maximum absolute atomic E-state index is 5.25. The summed E-state index contributed by atoms with van der Waals surface area (Å²) in [5, 5.41) is 0. The highest BCUT2D eigenvalue weighted by Crippen LogP contribution is 2.25. The third-order valence-electron chi connectivity index (χ3n) is 1.78. The minimum atomic E-state index is 0.336. The number of rotatable bonds is 1. The summed E-state index contributed by atoms with van der Waals surface area (Å²) in [6.45, 7) is 0.924. The van der Waals surface area contributed by atoms with Crippen molar-refractivity contribution in [3.8, 4) is 5.75 Å². The summed E-state index contributed by atoms with van der Waals surface area (Å²) < 4.78 is 10.3. The van der Waals surface area contributed by atoms with Gasteiger partial charge in [0, 0.05) is 11.3 Å². The number of nitrogens with two attached hydrogens (primary N) is 1. The van der Waals surface area contributed by atoms with E-state index < -0.39 is 0 Å². The first kappa shape index (κ1) is 7.39. The molecule has 3 N–H and O–H groups in total. The molecule has 64 valence electrons. The predicted octanol–water partition coefficient (Wildman–Crippen LogP) is 0.839. The van der Waals surface area contributed by atoms with Gasteiger partial charge in [-0.3, -0.25) is 5.84 Å². The van der Waals surface area contributed by atoms with Crippen LogP contribution in [0.2, 0.25) is 0 Å². The van der Waals surface area contributed by atoms with Gasteiger partial charge in [0.1, 0.15) is 5.75 Å². The number of nitrogen functional groups attached to an aromatic ring is 1. The van der Waals surface area contributed by atoms with Crippen LogP contribution >= 0.6 is 0 Å². The summed E-state index contributed by atoms with van der Waals surface area (Å²) >= 11 is 0. The SMILES string of the molecule is NNc1ccc2c(c1)COCO2. The Labute approximate surface area is 70.2 Å². The molecule has 1 aliphatic heterocycles. The van der Waals surface area contributed by atoms with E-state index in [4.69, 9.17) is 15.3 Å². The quantitative estimate of drug-likeness (QED) is 0.479. The fourth-order valence-corrected chi connectivity index (χ4v) is 1.18. The number of hydrazine groups is 1. The van der Waals surface area contributed by atoms with Crippen molar-refractivity contribution in [2.24, 2.45) is 5.84 Å². The second-order valence-corrected chi connectivity index (χ2v) is 2.58. The van der Waals surface area contributed by atoms with E-state index in [9.17, 15) is 0 Å². The molecule has 4 nitrogen and oxygen atoms in total. The van der Waals surface area contributed by atoms with Gasteiger partial charge in [0.05, 0.1) is 6.61 Å². The Morgan fingerprint density at radius 1 is 1.42 bits per heavy atom. The zero-order valence-corrected chi connectivity index (χ0v) is 6.54. The van der Waals surface area contributed by atoms with Crippen molar-refractivity contribution in [2.75, 3.05) is 12.2 Å². The summed E-state index contributed by atoms with van der Waals surface area (Å²) in [7, 11) is 0. The van der Waals surface area contributed by atoms with Gasteiger partial charge in [0.2, 0.25) is 0 Å². The van der Waals surface area contributed by atoms with E-state index >= 15 is 0 Å². The molecule has 0 radical (unpaired) electrons. The number of hydrogen-bond donors (Lipinski definition) is 2. The van der Waals surface area contributed by atoms with Crippen molar-refractivity contribution in [2.45, 2.75) is 6.61 Å². The molecular weight excluding hydrogens is 156 g/mol. The molecule has 0 spiro atoms. The number of nitrogens with one attached hydrogen (secondary N) is 1. The average Bonchev–Trinajstić information content (AvgIpc) is 2.17. The summed E-state index contributed by atoms with van der Waals surface area (Å²) in [4.78, 5) is 0. The molecule has 0 aromatic heterocycles. The van der Waals surface area contributed by atoms with Crippen molar-refractivity contribution >= 4 is 5.69 Å². The molecule has 0 unspecified atom stereocenters. The molecule has 1 heterocycles. The molecule has 1 aromatic rings. The van der Waals surface area contributed by atoms with Crippen LogP contribution in [0.5, 0.6) is 5.75 Å². The van der Waals surface area contributed by atoms with E-state index in [0.717, 1.165) is 17.0 Å². The van der Waals surface area contributed by atoms with Crippen LogP contribution in [0, 0.1) is 0 Å². The Morgan fingerprint density at radius 2 is 2.33 bits per heavy atom.